The molecule has 0 saturated heterocycles. The number of aromatic nitrogens is 1. The highest BCUT2D eigenvalue weighted by molar-refractivity contribution is 6.36. The number of ketones is 1. The Morgan fingerprint density at radius 1 is 1.06 bits per heavy atom. The Hall–Kier alpha value is -4.20. The molecule has 6 nitrogen and oxygen atoms in total. The normalized spacial score (nSPS) is 14.2. The average Bonchev–Trinajstić information content (AvgIpc) is 2.78. The molecule has 8 heteroatoms. The maximum absolute atomic E-state index is 13.5. The number of carbonyl (C=O) groups excluding carboxylic acids is 3. The van der Waals surface area contributed by atoms with Gasteiger partial charge in [-0.2, -0.15) is 0 Å². The average molecular weight is 419 g/mol. The third-order valence-electron chi connectivity index (χ3n) is 4.69. The number of Topliss-reactive ketones (excluding diaryl/α,β-unsaturated/α-hetero) is 1. The number of hydrogen-bond acceptors (Lipinski definition) is 4. The van der Waals surface area contributed by atoms with Crippen molar-refractivity contribution in [1.82, 2.24) is 10.3 Å². The first kappa shape index (κ1) is 20.1. The van der Waals surface area contributed by atoms with Crippen LogP contribution < -0.4 is 10.6 Å². The smallest absolute Gasteiger partial charge is 0.259 e. The quantitative estimate of drug-likeness (QED) is 0.501. The van der Waals surface area contributed by atoms with Crippen molar-refractivity contribution in [3.8, 4) is 0 Å². The summed E-state index contributed by atoms with van der Waals surface area (Å²) >= 11 is 0. The Morgan fingerprint density at radius 2 is 1.90 bits per heavy atom. The molecule has 0 fully saturated rings. The lowest BCUT2D eigenvalue weighted by molar-refractivity contribution is -0.112. The van der Waals surface area contributed by atoms with E-state index in [0.717, 1.165) is 17.7 Å². The van der Waals surface area contributed by atoms with Crippen molar-refractivity contribution in [1.29, 1.82) is 0 Å². The molecule has 154 valence electrons. The van der Waals surface area contributed by atoms with E-state index in [-0.39, 0.29) is 34.5 Å². The van der Waals surface area contributed by atoms with Gasteiger partial charge < -0.3 is 10.6 Å². The minimum atomic E-state index is -1.09. The second-order valence-corrected chi connectivity index (χ2v) is 6.82. The Bertz CT molecular complexity index is 1240. The predicted octanol–water partition coefficient (Wildman–Crippen LogP) is 3.51. The summed E-state index contributed by atoms with van der Waals surface area (Å²) in [7, 11) is 0. The van der Waals surface area contributed by atoms with Crippen molar-refractivity contribution >= 4 is 29.4 Å². The first-order valence-corrected chi connectivity index (χ1v) is 9.26. The van der Waals surface area contributed by atoms with Crippen molar-refractivity contribution in [3.05, 3.63) is 100 Å². The van der Waals surface area contributed by atoms with E-state index in [1.807, 2.05) is 6.07 Å². The molecule has 0 saturated carbocycles. The van der Waals surface area contributed by atoms with Crippen LogP contribution in [0.25, 0.3) is 6.08 Å². The largest absolute Gasteiger partial charge is 0.348 e. The molecule has 2 aromatic carbocycles. The fourth-order valence-corrected chi connectivity index (χ4v) is 3.11. The summed E-state index contributed by atoms with van der Waals surface area (Å²) in [4.78, 5) is 41.7. The number of halogens is 2. The summed E-state index contributed by atoms with van der Waals surface area (Å²) in [6.45, 7) is 0.260. The number of carbonyl (C=O) groups is 3. The summed E-state index contributed by atoms with van der Waals surface area (Å²) in [6, 6.07) is 11.0. The monoisotopic (exact) mass is 419 g/mol. The number of fused-ring (bicyclic) bond motifs is 1. The van der Waals surface area contributed by atoms with Gasteiger partial charge in [0.05, 0.1) is 11.3 Å². The van der Waals surface area contributed by atoms with E-state index in [1.54, 1.807) is 18.5 Å². The molecule has 0 unspecified atom stereocenters. The molecule has 2 N–H and O–H groups in total. The molecule has 31 heavy (non-hydrogen) atoms. The van der Waals surface area contributed by atoms with Gasteiger partial charge >= 0.3 is 0 Å². The molecule has 4 rings (SSSR count). The predicted molar refractivity (Wildman–Crippen MR) is 109 cm³/mol. The summed E-state index contributed by atoms with van der Waals surface area (Å²) in [5, 5.41) is 5.31. The van der Waals surface area contributed by atoms with Crippen LogP contribution in [0.1, 0.15) is 31.8 Å². The van der Waals surface area contributed by atoms with Gasteiger partial charge in [-0.3, -0.25) is 19.4 Å². The highest BCUT2D eigenvalue weighted by atomic mass is 19.2. The van der Waals surface area contributed by atoms with Crippen LogP contribution in [-0.4, -0.2) is 22.6 Å². The number of amides is 2. The van der Waals surface area contributed by atoms with Gasteiger partial charge in [0.15, 0.2) is 11.6 Å². The lowest BCUT2D eigenvalue weighted by Crippen LogP contribution is -2.28. The molecule has 2 amide bonds. The Balaban J connectivity index is 1.59. The second kappa shape index (κ2) is 8.27. The molecule has 0 radical (unpaired) electrons. The van der Waals surface area contributed by atoms with Crippen LogP contribution >= 0.6 is 0 Å². The number of anilines is 1. The van der Waals surface area contributed by atoms with E-state index < -0.39 is 29.2 Å². The first-order valence-electron chi connectivity index (χ1n) is 9.26. The van der Waals surface area contributed by atoms with Crippen LogP contribution in [-0.2, 0) is 11.3 Å². The zero-order valence-electron chi connectivity index (χ0n) is 16.0. The third-order valence-corrected chi connectivity index (χ3v) is 4.69. The standard InChI is InChI=1S/C23H15F2N3O3/c24-18-5-3-13(9-19(18)25)8-17-21(29)16-10-15(4-6-20(16)28-23(17)31)22(30)27-12-14-2-1-7-26-11-14/h1-11H,12H2,(H,27,30)(H,28,31)/b17-8+. The van der Waals surface area contributed by atoms with Gasteiger partial charge in [-0.05, 0) is 53.6 Å². The van der Waals surface area contributed by atoms with Gasteiger partial charge in [-0.1, -0.05) is 12.1 Å². The molecule has 1 aliphatic rings. The van der Waals surface area contributed by atoms with Crippen LogP contribution in [0, 0.1) is 11.6 Å². The Kier molecular flexibility index (Phi) is 5.36. The zero-order chi connectivity index (χ0) is 22.0. The van der Waals surface area contributed by atoms with Gasteiger partial charge in [0, 0.05) is 30.1 Å². The minimum absolute atomic E-state index is 0.127. The third kappa shape index (κ3) is 4.23. The van der Waals surface area contributed by atoms with Gasteiger partial charge in [-0.25, -0.2) is 8.78 Å². The van der Waals surface area contributed by atoms with Crippen LogP contribution in [0.2, 0.25) is 0 Å². The maximum atomic E-state index is 13.5. The molecule has 0 bridgehead atoms. The molecule has 0 atom stereocenters. The first-order chi connectivity index (χ1) is 14.9. The number of rotatable bonds is 4. The summed E-state index contributed by atoms with van der Waals surface area (Å²) in [5.41, 5.74) is 1.36. The summed E-state index contributed by atoms with van der Waals surface area (Å²) in [6.07, 6.45) is 4.43. The van der Waals surface area contributed by atoms with Crippen LogP contribution in [0.3, 0.4) is 0 Å². The number of benzene rings is 2. The molecular formula is C23H15F2N3O3. The number of nitrogens with one attached hydrogen (secondary N) is 2. The van der Waals surface area contributed by atoms with Gasteiger partial charge in [-0.15, -0.1) is 0 Å². The lowest BCUT2D eigenvalue weighted by atomic mass is 9.93. The molecule has 3 aromatic rings. The SMILES string of the molecule is O=C1Nc2ccc(C(=O)NCc3cccnc3)cc2C(=O)/C1=C\c1ccc(F)c(F)c1. The summed E-state index contributed by atoms with van der Waals surface area (Å²) in [5.74, 6) is -3.82. The van der Waals surface area contributed by atoms with Gasteiger partial charge in [0.2, 0.25) is 5.78 Å². The van der Waals surface area contributed by atoms with E-state index in [9.17, 15) is 23.2 Å². The molecule has 1 aliphatic heterocycles. The highest BCUT2D eigenvalue weighted by Crippen LogP contribution is 2.28. The molecule has 2 heterocycles. The molecular weight excluding hydrogens is 404 g/mol. The Labute approximate surface area is 175 Å². The van der Waals surface area contributed by atoms with Crippen molar-refractivity contribution in [3.63, 3.8) is 0 Å². The fraction of sp³-hybridized carbons (Fsp3) is 0.0435. The molecule has 0 aliphatic carbocycles. The number of pyridine rings is 1. The van der Waals surface area contributed by atoms with E-state index in [0.29, 0.717) is 0 Å². The van der Waals surface area contributed by atoms with Gasteiger partial charge in [0.1, 0.15) is 0 Å². The summed E-state index contributed by atoms with van der Waals surface area (Å²) < 4.78 is 26.6. The van der Waals surface area contributed by atoms with E-state index in [2.05, 4.69) is 15.6 Å². The van der Waals surface area contributed by atoms with E-state index in [4.69, 9.17) is 0 Å². The number of nitrogens with zero attached hydrogens (tertiary/aromatic N) is 1. The maximum Gasteiger partial charge on any atom is 0.259 e. The number of hydrogen-bond donors (Lipinski definition) is 2. The van der Waals surface area contributed by atoms with Crippen molar-refractivity contribution in [2.45, 2.75) is 6.54 Å². The zero-order valence-corrected chi connectivity index (χ0v) is 16.0. The Morgan fingerprint density at radius 3 is 2.65 bits per heavy atom. The lowest BCUT2D eigenvalue weighted by Gasteiger charge is -2.19. The van der Waals surface area contributed by atoms with Gasteiger partial charge in [0.25, 0.3) is 11.8 Å². The van der Waals surface area contributed by atoms with Crippen molar-refractivity contribution in [2.75, 3.05) is 5.32 Å². The minimum Gasteiger partial charge on any atom is -0.348 e. The van der Waals surface area contributed by atoms with Crippen LogP contribution in [0.4, 0.5) is 14.5 Å². The highest BCUT2D eigenvalue weighted by Gasteiger charge is 2.29. The fourth-order valence-electron chi connectivity index (χ4n) is 3.11. The topological polar surface area (TPSA) is 88.2 Å². The van der Waals surface area contributed by atoms with E-state index >= 15 is 0 Å². The van der Waals surface area contributed by atoms with Crippen LogP contribution in [0.5, 0.6) is 0 Å². The van der Waals surface area contributed by atoms with Crippen molar-refractivity contribution < 1.29 is 23.2 Å². The molecule has 0 spiro atoms. The van der Waals surface area contributed by atoms with Crippen molar-refractivity contribution in [2.24, 2.45) is 0 Å². The second-order valence-electron chi connectivity index (χ2n) is 6.82. The molecule has 1 aromatic heterocycles. The van der Waals surface area contributed by atoms with E-state index in [1.165, 1.54) is 30.3 Å². The van der Waals surface area contributed by atoms with Crippen LogP contribution in [0.15, 0.2) is 66.5 Å².